The molecule has 2 rings (SSSR count). The van der Waals surface area contributed by atoms with Gasteiger partial charge in [-0.05, 0) is 81.6 Å². The van der Waals surface area contributed by atoms with Gasteiger partial charge >= 0.3 is 0 Å². The Kier molecular flexibility index (Phi) is 5.09. The molecule has 0 spiro atoms. The molecule has 0 aromatic heterocycles. The maximum Gasteiger partial charge on any atom is 0.267 e. The number of aromatic hydroxyl groups is 1. The molecule has 0 aliphatic heterocycles. The van der Waals surface area contributed by atoms with Crippen molar-refractivity contribution < 1.29 is 14.6 Å². The van der Waals surface area contributed by atoms with Gasteiger partial charge in [0.1, 0.15) is 11.5 Å². The third-order valence-corrected chi connectivity index (χ3v) is 4.29. The molecule has 2 aromatic carbocycles. The van der Waals surface area contributed by atoms with Crippen LogP contribution >= 0.6 is 11.6 Å². The number of anilines is 1. The number of phenols is 1. The lowest BCUT2D eigenvalue weighted by Crippen LogP contribution is -2.42. The van der Waals surface area contributed by atoms with Crippen LogP contribution in [0.3, 0.4) is 0 Å². The van der Waals surface area contributed by atoms with Crippen LogP contribution in [-0.2, 0) is 4.79 Å². The number of benzene rings is 2. The van der Waals surface area contributed by atoms with Crippen molar-refractivity contribution in [1.29, 1.82) is 0 Å². The Bertz CT molecular complexity index is 767. The fraction of sp³-hybridized carbons (Fsp3) is 0.316. The highest BCUT2D eigenvalue weighted by atomic mass is 35.5. The van der Waals surface area contributed by atoms with Gasteiger partial charge in [-0.15, -0.1) is 0 Å². The number of carbonyl (C=O) groups excluding carboxylic acids is 1. The highest BCUT2D eigenvalue weighted by Crippen LogP contribution is 2.31. The third kappa shape index (κ3) is 3.82. The smallest absolute Gasteiger partial charge is 0.267 e. The Balaban J connectivity index is 2.20. The number of carbonyl (C=O) groups is 1. The molecule has 0 radical (unpaired) electrons. The van der Waals surface area contributed by atoms with Crippen LogP contribution < -0.4 is 10.1 Å². The van der Waals surface area contributed by atoms with Gasteiger partial charge in [0.05, 0.1) is 0 Å². The van der Waals surface area contributed by atoms with Gasteiger partial charge in [0, 0.05) is 10.7 Å². The van der Waals surface area contributed by atoms with Crippen molar-refractivity contribution in [1.82, 2.24) is 0 Å². The van der Waals surface area contributed by atoms with Gasteiger partial charge in [-0.3, -0.25) is 4.79 Å². The maximum atomic E-state index is 12.6. The first kappa shape index (κ1) is 18.1. The van der Waals surface area contributed by atoms with Crippen molar-refractivity contribution in [3.05, 3.63) is 52.0 Å². The van der Waals surface area contributed by atoms with E-state index in [0.29, 0.717) is 22.0 Å². The molecule has 1 amide bonds. The highest BCUT2D eigenvalue weighted by molar-refractivity contribution is 6.30. The molecule has 24 heavy (non-hydrogen) atoms. The van der Waals surface area contributed by atoms with Crippen molar-refractivity contribution >= 4 is 23.2 Å². The molecular weight excluding hydrogens is 326 g/mol. The summed E-state index contributed by atoms with van der Waals surface area (Å²) in [6.45, 7) is 8.88. The number of halogens is 1. The molecule has 0 bridgehead atoms. The molecule has 128 valence electrons. The zero-order valence-corrected chi connectivity index (χ0v) is 15.3. The second-order valence-electron chi connectivity index (χ2n) is 6.36. The zero-order valence-electron chi connectivity index (χ0n) is 14.5. The van der Waals surface area contributed by atoms with Gasteiger partial charge in [0.15, 0.2) is 5.60 Å². The topological polar surface area (TPSA) is 58.6 Å². The van der Waals surface area contributed by atoms with Gasteiger partial charge in [-0.25, -0.2) is 0 Å². The van der Waals surface area contributed by atoms with Crippen molar-refractivity contribution in [2.75, 3.05) is 5.32 Å². The number of amides is 1. The van der Waals surface area contributed by atoms with Gasteiger partial charge in [0.2, 0.25) is 0 Å². The van der Waals surface area contributed by atoms with E-state index in [1.165, 1.54) is 0 Å². The summed E-state index contributed by atoms with van der Waals surface area (Å²) < 4.78 is 5.79. The molecule has 0 atom stereocenters. The molecule has 0 heterocycles. The second-order valence-corrected chi connectivity index (χ2v) is 6.80. The van der Waals surface area contributed by atoms with Crippen LogP contribution in [0.5, 0.6) is 11.5 Å². The van der Waals surface area contributed by atoms with E-state index in [9.17, 15) is 9.90 Å². The normalized spacial score (nSPS) is 11.2. The number of ether oxygens (including phenoxy) is 1. The molecule has 0 aliphatic rings. The minimum atomic E-state index is -1.07. The van der Waals surface area contributed by atoms with Crippen molar-refractivity contribution in [3.63, 3.8) is 0 Å². The molecule has 2 N–H and O–H groups in total. The van der Waals surface area contributed by atoms with E-state index in [1.54, 1.807) is 51.1 Å². The van der Waals surface area contributed by atoms with Crippen LogP contribution in [0.15, 0.2) is 30.3 Å². The lowest BCUT2D eigenvalue weighted by Gasteiger charge is -2.26. The predicted octanol–water partition coefficient (Wildman–Crippen LogP) is 4.77. The van der Waals surface area contributed by atoms with E-state index in [1.807, 2.05) is 13.8 Å². The number of rotatable bonds is 4. The van der Waals surface area contributed by atoms with E-state index in [4.69, 9.17) is 16.3 Å². The van der Waals surface area contributed by atoms with Crippen LogP contribution in [0, 0.1) is 20.8 Å². The monoisotopic (exact) mass is 347 g/mol. The molecule has 0 aliphatic carbocycles. The van der Waals surface area contributed by atoms with E-state index in [2.05, 4.69) is 5.32 Å². The Morgan fingerprint density at radius 1 is 1.12 bits per heavy atom. The molecule has 0 saturated heterocycles. The van der Waals surface area contributed by atoms with Crippen molar-refractivity contribution in [2.24, 2.45) is 0 Å². The molecule has 4 nitrogen and oxygen atoms in total. The molecule has 5 heteroatoms. The number of phenolic OH excluding ortho intramolecular Hbond substituents is 1. The minimum absolute atomic E-state index is 0.252. The molecule has 0 fully saturated rings. The first-order chi connectivity index (χ1) is 11.1. The summed E-state index contributed by atoms with van der Waals surface area (Å²) in [5, 5.41) is 13.5. The van der Waals surface area contributed by atoms with E-state index >= 15 is 0 Å². The van der Waals surface area contributed by atoms with Crippen LogP contribution in [0.4, 0.5) is 5.69 Å². The van der Waals surface area contributed by atoms with Crippen LogP contribution in [0.2, 0.25) is 5.02 Å². The second kappa shape index (κ2) is 6.73. The van der Waals surface area contributed by atoms with Gasteiger partial charge in [-0.2, -0.15) is 0 Å². The Morgan fingerprint density at radius 2 is 1.71 bits per heavy atom. The van der Waals surface area contributed by atoms with Gasteiger partial charge in [0.25, 0.3) is 5.91 Å². The fourth-order valence-corrected chi connectivity index (χ4v) is 2.44. The molecular formula is C19H22ClNO3. The number of aryl methyl sites for hydroxylation is 1. The van der Waals surface area contributed by atoms with Crippen molar-refractivity contribution in [3.8, 4) is 11.5 Å². The number of hydrogen-bond donors (Lipinski definition) is 2. The summed E-state index contributed by atoms with van der Waals surface area (Å²) in [5.74, 6) is 0.543. The first-order valence-electron chi connectivity index (χ1n) is 7.67. The van der Waals surface area contributed by atoms with Gasteiger partial charge < -0.3 is 15.2 Å². The summed E-state index contributed by atoms with van der Waals surface area (Å²) in [6.07, 6.45) is 0. The van der Waals surface area contributed by atoms with E-state index in [0.717, 1.165) is 11.1 Å². The quantitative estimate of drug-likeness (QED) is 0.783. The fourth-order valence-electron chi connectivity index (χ4n) is 2.31. The molecule has 0 saturated carbocycles. The standard InChI is InChI=1S/C19H22ClNO3/c1-11-10-16(12(2)13(3)17(11)22)21-18(23)19(4,5)24-15-8-6-14(20)7-9-15/h6-10,22H,1-5H3,(H,21,23). The zero-order chi connectivity index (χ0) is 18.1. The largest absolute Gasteiger partial charge is 0.507 e. The van der Waals surface area contributed by atoms with Gasteiger partial charge in [-0.1, -0.05) is 11.6 Å². The molecule has 2 aromatic rings. The number of nitrogens with one attached hydrogen (secondary N) is 1. The van der Waals surface area contributed by atoms with Crippen LogP contribution in [0.25, 0.3) is 0 Å². The number of hydrogen-bond acceptors (Lipinski definition) is 3. The summed E-state index contributed by atoms with van der Waals surface area (Å²) in [7, 11) is 0. The average Bonchev–Trinajstić information content (AvgIpc) is 2.52. The Morgan fingerprint density at radius 3 is 2.29 bits per heavy atom. The summed E-state index contributed by atoms with van der Waals surface area (Å²) in [4.78, 5) is 12.6. The van der Waals surface area contributed by atoms with Crippen LogP contribution in [0.1, 0.15) is 30.5 Å². The van der Waals surface area contributed by atoms with Crippen molar-refractivity contribution in [2.45, 2.75) is 40.2 Å². The summed E-state index contributed by atoms with van der Waals surface area (Å²) >= 11 is 5.86. The summed E-state index contributed by atoms with van der Waals surface area (Å²) in [5.41, 5.74) is 1.89. The maximum absolute atomic E-state index is 12.6. The molecule has 0 unspecified atom stereocenters. The minimum Gasteiger partial charge on any atom is -0.507 e. The average molecular weight is 348 g/mol. The Labute approximate surface area is 147 Å². The highest BCUT2D eigenvalue weighted by Gasteiger charge is 2.30. The Hall–Kier alpha value is -2.20. The lowest BCUT2D eigenvalue weighted by atomic mass is 10.0. The summed E-state index contributed by atoms with van der Waals surface area (Å²) in [6, 6.07) is 8.62. The lowest BCUT2D eigenvalue weighted by molar-refractivity contribution is -0.128. The first-order valence-corrected chi connectivity index (χ1v) is 8.05. The van der Waals surface area contributed by atoms with Crippen LogP contribution in [-0.4, -0.2) is 16.6 Å². The van der Waals surface area contributed by atoms with E-state index < -0.39 is 5.60 Å². The predicted molar refractivity (Wildman–Crippen MR) is 97.1 cm³/mol. The SMILES string of the molecule is Cc1cc(NC(=O)C(C)(C)Oc2ccc(Cl)cc2)c(C)c(C)c1O. The van der Waals surface area contributed by atoms with E-state index in [-0.39, 0.29) is 11.7 Å². The third-order valence-electron chi connectivity index (χ3n) is 4.04.